The van der Waals surface area contributed by atoms with Gasteiger partial charge in [-0.3, -0.25) is 14.4 Å². The number of carboxylic acids is 1. The van der Waals surface area contributed by atoms with Crippen molar-refractivity contribution in [3.8, 4) is 22.9 Å². The lowest BCUT2D eigenvalue weighted by atomic mass is 9.83. The number of thiazole rings is 1. The van der Waals surface area contributed by atoms with Crippen LogP contribution in [0.15, 0.2) is 42.3 Å². The summed E-state index contributed by atoms with van der Waals surface area (Å²) in [5, 5.41) is 25.0. The molecule has 2 aliphatic carbocycles. The highest BCUT2D eigenvalue weighted by Gasteiger charge is 2.61. The van der Waals surface area contributed by atoms with E-state index in [1.807, 2.05) is 19.2 Å². The first kappa shape index (κ1) is 48.9. The van der Waals surface area contributed by atoms with Gasteiger partial charge in [-0.25, -0.2) is 32.3 Å². The first-order valence-corrected chi connectivity index (χ1v) is 24.5. The summed E-state index contributed by atoms with van der Waals surface area (Å²) in [6.45, 7) is 14.1. The molecule has 5 N–H and O–H groups in total. The van der Waals surface area contributed by atoms with Crippen LogP contribution in [-0.2, 0) is 29.2 Å². The molecule has 3 aromatic rings. The topological polar surface area (TPSA) is 239 Å². The van der Waals surface area contributed by atoms with Gasteiger partial charge in [0.15, 0.2) is 5.13 Å². The average Bonchev–Trinajstić information content (AvgIpc) is 3.53. The minimum atomic E-state index is -3.96. The number of ether oxygens (including phenoxy) is 2. The average molecular weight is 939 g/mol. The van der Waals surface area contributed by atoms with E-state index in [-0.39, 0.29) is 37.1 Å². The number of carbonyl (C=O) groups is 5. The predicted molar refractivity (Wildman–Crippen MR) is 247 cm³/mol. The van der Waals surface area contributed by atoms with Crippen LogP contribution in [0.25, 0.3) is 22.3 Å². The van der Waals surface area contributed by atoms with Gasteiger partial charge in [0.2, 0.25) is 21.8 Å². The quantitative estimate of drug-likeness (QED) is 0.110. The van der Waals surface area contributed by atoms with Gasteiger partial charge >= 0.3 is 12.0 Å². The van der Waals surface area contributed by atoms with Crippen molar-refractivity contribution in [3.63, 3.8) is 0 Å². The molecule has 3 heterocycles. The van der Waals surface area contributed by atoms with Crippen LogP contribution in [-0.4, -0.2) is 125 Å². The highest BCUT2D eigenvalue weighted by atomic mass is 32.2. The van der Waals surface area contributed by atoms with Crippen LogP contribution in [0.1, 0.15) is 86.5 Å². The summed E-state index contributed by atoms with van der Waals surface area (Å²) in [4.78, 5) is 80.8. The Morgan fingerprint density at radius 2 is 1.78 bits per heavy atom. The number of benzene rings is 1. The number of urea groups is 1. The molecule has 0 radical (unpaired) electrons. The third-order valence-corrected chi connectivity index (χ3v) is 15.0. The number of likely N-dealkylation sites (tertiary alicyclic amines) is 1. The first-order valence-electron chi connectivity index (χ1n) is 22.1. The predicted octanol–water partition coefficient (Wildman–Crippen LogP) is 5.15. The summed E-state index contributed by atoms with van der Waals surface area (Å²) in [6.07, 6.45) is 4.48. The summed E-state index contributed by atoms with van der Waals surface area (Å²) in [5.74, 6) is -3.58. The van der Waals surface area contributed by atoms with E-state index in [1.54, 1.807) is 52.1 Å². The van der Waals surface area contributed by atoms with Gasteiger partial charge in [0.25, 0.3) is 5.91 Å². The molecule has 18 nitrogen and oxygen atoms in total. The molecule has 6 atom stereocenters. The van der Waals surface area contributed by atoms with Crippen LogP contribution in [0.3, 0.4) is 0 Å². The highest BCUT2D eigenvalue weighted by Crippen LogP contribution is 2.45. The van der Waals surface area contributed by atoms with Crippen LogP contribution < -0.4 is 30.7 Å². The molecule has 3 aliphatic rings. The number of nitrogens with zero attached hydrogens (tertiary/aromatic N) is 4. The lowest BCUT2D eigenvalue weighted by Gasteiger charge is -2.36. The van der Waals surface area contributed by atoms with E-state index < -0.39 is 80.8 Å². The SMILES string of the molecule is C=CC1C[C@]1(NC(=O)[C@@H]1C[C@@H](Oc2cc(-c3csc(NC(C)C)n3)nc3cc(OC)ccc23)CN1C(=O)[C@@H](NC(=O)N[C@H](C(=O)N(C)S(=O)(=O)CC)C(C)(C)C)C1CCCCC1)C(=O)O. The fraction of sp³-hybridized carbons (Fsp3) is 0.578. The number of likely N-dealkylation sites (N-methyl/N-ethyl adjacent to an activating group) is 1. The minimum absolute atomic E-state index is 0.0249. The standard InChI is InChI=1S/C45H62N8O10S2/c1-10-27-22-45(27,41(57)58)51-38(54)34-20-29(63-35-21-32(33-24-64-43(48-33)46-25(3)4)47-31-19-28(62-9)17-18-30(31)35)23-53(34)39(55)36(26-15-13-12-14-16-26)49-42(59)50-37(44(5,6)7)40(56)52(8)65(60,61)11-2/h10,17-19,21,24-27,29,34,36-37H,1,11-16,20,22-23H2,2-9H3,(H,46,48)(H,51,54)(H,57,58)(H2,49,50,59)/t27?,29-,34+,36+,37-,45-/m1/s1. The number of aliphatic carboxylic acids is 1. The Bertz CT molecular complexity index is 2410. The molecule has 0 bridgehead atoms. The number of hydrogen-bond donors (Lipinski definition) is 5. The van der Waals surface area contributed by atoms with Crippen molar-refractivity contribution in [1.29, 1.82) is 0 Å². The Balaban J connectivity index is 1.35. The van der Waals surface area contributed by atoms with Gasteiger partial charge in [-0.2, -0.15) is 0 Å². The highest BCUT2D eigenvalue weighted by molar-refractivity contribution is 7.89. The molecular weight excluding hydrogens is 877 g/mol. The second-order valence-electron chi connectivity index (χ2n) is 18.5. The number of sulfonamides is 1. The van der Waals surface area contributed by atoms with E-state index in [4.69, 9.17) is 19.4 Å². The number of nitrogens with one attached hydrogen (secondary N) is 4. The maximum Gasteiger partial charge on any atom is 0.330 e. The van der Waals surface area contributed by atoms with Crippen molar-refractivity contribution >= 4 is 67.1 Å². The maximum absolute atomic E-state index is 15.1. The number of methoxy groups -OCH3 is 1. The number of anilines is 1. The van der Waals surface area contributed by atoms with E-state index in [0.717, 1.165) is 26.3 Å². The van der Waals surface area contributed by atoms with Crippen LogP contribution in [0.5, 0.6) is 11.5 Å². The van der Waals surface area contributed by atoms with Gasteiger partial charge in [0, 0.05) is 48.3 Å². The lowest BCUT2D eigenvalue weighted by molar-refractivity contribution is -0.146. The zero-order chi connectivity index (χ0) is 47.6. The van der Waals surface area contributed by atoms with Crippen molar-refractivity contribution in [1.82, 2.24) is 35.1 Å². The molecule has 2 saturated carbocycles. The second kappa shape index (κ2) is 19.5. The number of carbonyl (C=O) groups excluding carboxylic acids is 4. The van der Waals surface area contributed by atoms with E-state index in [2.05, 4.69) is 27.8 Å². The van der Waals surface area contributed by atoms with E-state index in [0.29, 0.717) is 56.1 Å². The van der Waals surface area contributed by atoms with Crippen molar-refractivity contribution in [3.05, 3.63) is 42.3 Å². The van der Waals surface area contributed by atoms with Crippen LogP contribution in [0.2, 0.25) is 0 Å². The zero-order valence-corrected chi connectivity index (χ0v) is 39.9. The number of amides is 5. The van der Waals surface area contributed by atoms with E-state index in [1.165, 1.54) is 29.2 Å². The Morgan fingerprint density at radius 3 is 2.38 bits per heavy atom. The molecule has 1 aliphatic heterocycles. The minimum Gasteiger partial charge on any atom is -0.497 e. The van der Waals surface area contributed by atoms with Gasteiger partial charge in [0.1, 0.15) is 47.0 Å². The van der Waals surface area contributed by atoms with Gasteiger partial charge in [-0.1, -0.05) is 46.1 Å². The van der Waals surface area contributed by atoms with Crippen LogP contribution >= 0.6 is 11.3 Å². The number of hydrogen-bond acceptors (Lipinski definition) is 13. The van der Waals surface area contributed by atoms with E-state index >= 15 is 4.79 Å². The zero-order valence-electron chi connectivity index (χ0n) is 38.3. The molecular formula is C45H62N8O10S2. The summed E-state index contributed by atoms with van der Waals surface area (Å²) in [7, 11) is -1.26. The number of aromatic nitrogens is 2. The molecule has 3 fully saturated rings. The molecule has 0 spiro atoms. The Kier molecular flexibility index (Phi) is 14.7. The molecule has 354 valence electrons. The smallest absolute Gasteiger partial charge is 0.330 e. The number of pyridine rings is 1. The van der Waals surface area contributed by atoms with Crippen molar-refractivity contribution in [2.45, 2.75) is 122 Å². The number of fused-ring (bicyclic) bond motifs is 1. The molecule has 1 unspecified atom stereocenters. The van der Waals surface area contributed by atoms with E-state index in [9.17, 15) is 32.7 Å². The number of rotatable bonds is 17. The third-order valence-electron chi connectivity index (χ3n) is 12.5. The van der Waals surface area contributed by atoms with Crippen molar-refractivity contribution in [2.24, 2.45) is 17.3 Å². The van der Waals surface area contributed by atoms with Crippen LogP contribution in [0.4, 0.5) is 9.93 Å². The third kappa shape index (κ3) is 10.8. The Hall–Kier alpha value is -5.50. The monoisotopic (exact) mass is 938 g/mol. The fourth-order valence-electron chi connectivity index (χ4n) is 8.61. The Labute approximate surface area is 384 Å². The summed E-state index contributed by atoms with van der Waals surface area (Å²) in [5.41, 5.74) is -0.872. The fourth-order valence-corrected chi connectivity index (χ4v) is 10.2. The second-order valence-corrected chi connectivity index (χ2v) is 21.7. The van der Waals surface area contributed by atoms with Crippen molar-refractivity contribution in [2.75, 3.05) is 31.8 Å². The Morgan fingerprint density at radius 1 is 1.08 bits per heavy atom. The summed E-state index contributed by atoms with van der Waals surface area (Å²) < 4.78 is 38.3. The maximum atomic E-state index is 15.1. The molecule has 2 aromatic heterocycles. The molecule has 1 saturated heterocycles. The molecule has 6 rings (SSSR count). The number of carboxylic acid groups (broad SMARTS) is 1. The van der Waals surface area contributed by atoms with Crippen molar-refractivity contribution < 1.29 is 47.0 Å². The van der Waals surface area contributed by atoms with Gasteiger partial charge in [-0.05, 0) is 63.5 Å². The van der Waals surface area contributed by atoms with Gasteiger partial charge in [0.05, 0.1) is 30.6 Å². The van der Waals surface area contributed by atoms with Gasteiger partial charge < -0.3 is 40.7 Å². The molecule has 5 amide bonds. The summed E-state index contributed by atoms with van der Waals surface area (Å²) >= 11 is 1.43. The summed E-state index contributed by atoms with van der Waals surface area (Å²) in [6, 6.07) is 2.70. The molecule has 20 heteroatoms. The normalized spacial score (nSPS) is 22.1. The largest absolute Gasteiger partial charge is 0.497 e. The lowest BCUT2D eigenvalue weighted by Crippen LogP contribution is -2.62. The van der Waals surface area contributed by atoms with Crippen LogP contribution in [0, 0.1) is 17.3 Å². The van der Waals surface area contributed by atoms with Gasteiger partial charge in [-0.15, -0.1) is 17.9 Å². The first-order chi connectivity index (χ1) is 30.6. The molecule has 65 heavy (non-hydrogen) atoms. The molecule has 1 aromatic carbocycles.